The molecule has 2 aromatic carbocycles. The number of hydrogen-bond acceptors (Lipinski definition) is 1. The molecule has 0 unspecified atom stereocenters. The molecule has 0 radical (unpaired) electrons. The predicted octanol–water partition coefficient (Wildman–Crippen LogP) is 4.84. The number of rotatable bonds is 2. The van der Waals surface area contributed by atoms with Gasteiger partial charge in [-0.3, -0.25) is 4.79 Å². The van der Waals surface area contributed by atoms with Crippen LogP contribution in [0.5, 0.6) is 0 Å². The molecule has 0 saturated heterocycles. The Morgan fingerprint density at radius 2 is 1.90 bits per heavy atom. The van der Waals surface area contributed by atoms with Gasteiger partial charge in [0.05, 0.1) is 15.6 Å². The van der Waals surface area contributed by atoms with Crippen molar-refractivity contribution in [1.82, 2.24) is 4.98 Å². The van der Waals surface area contributed by atoms with Gasteiger partial charge in [-0.25, -0.2) is 4.39 Å². The van der Waals surface area contributed by atoms with Crippen molar-refractivity contribution in [2.24, 2.45) is 0 Å². The fourth-order valence-corrected chi connectivity index (χ4v) is 2.41. The van der Waals surface area contributed by atoms with E-state index in [0.717, 1.165) is 0 Å². The first-order valence-corrected chi connectivity index (χ1v) is 6.59. The number of ketones is 1. The van der Waals surface area contributed by atoms with E-state index in [1.54, 1.807) is 24.3 Å². The summed E-state index contributed by atoms with van der Waals surface area (Å²) in [6.07, 6.45) is 1.50. The van der Waals surface area contributed by atoms with Crippen LogP contribution in [0, 0.1) is 5.82 Å². The lowest BCUT2D eigenvalue weighted by Gasteiger charge is -2.02. The summed E-state index contributed by atoms with van der Waals surface area (Å²) >= 11 is 11.7. The molecule has 0 bridgehead atoms. The number of fused-ring (bicyclic) bond motifs is 1. The van der Waals surface area contributed by atoms with Gasteiger partial charge in [-0.1, -0.05) is 29.3 Å². The summed E-state index contributed by atoms with van der Waals surface area (Å²) in [5, 5.41) is 0.940. The number of H-pyrrole nitrogens is 1. The molecule has 0 amide bonds. The molecule has 100 valence electrons. The zero-order valence-electron chi connectivity index (χ0n) is 10.1. The number of carbonyl (C=O) groups excluding carboxylic acids is 1. The number of aromatic amines is 1. The second kappa shape index (κ2) is 4.93. The monoisotopic (exact) mass is 307 g/mol. The maximum Gasteiger partial charge on any atom is 0.195 e. The minimum absolute atomic E-state index is 0.275. The third-order valence-corrected chi connectivity index (χ3v) is 3.82. The molecular weight excluding hydrogens is 300 g/mol. The summed E-state index contributed by atoms with van der Waals surface area (Å²) in [7, 11) is 0. The molecule has 2 nitrogen and oxygen atoms in total. The third-order valence-electron chi connectivity index (χ3n) is 3.08. The highest BCUT2D eigenvalue weighted by molar-refractivity contribution is 6.42. The van der Waals surface area contributed by atoms with Gasteiger partial charge in [-0.05, 0) is 30.3 Å². The van der Waals surface area contributed by atoms with Gasteiger partial charge >= 0.3 is 0 Å². The maximum atomic E-state index is 13.9. The lowest BCUT2D eigenvalue weighted by molar-refractivity contribution is 0.104. The summed E-state index contributed by atoms with van der Waals surface area (Å²) in [5.41, 5.74) is 1.22. The van der Waals surface area contributed by atoms with E-state index in [4.69, 9.17) is 23.2 Å². The number of carbonyl (C=O) groups is 1. The Morgan fingerprint density at radius 3 is 2.65 bits per heavy atom. The topological polar surface area (TPSA) is 32.9 Å². The fourth-order valence-electron chi connectivity index (χ4n) is 2.11. The van der Waals surface area contributed by atoms with Gasteiger partial charge in [0.2, 0.25) is 0 Å². The van der Waals surface area contributed by atoms with E-state index in [2.05, 4.69) is 4.98 Å². The molecule has 0 spiro atoms. The normalized spacial score (nSPS) is 10.9. The molecule has 0 saturated carbocycles. The van der Waals surface area contributed by atoms with Crippen LogP contribution >= 0.6 is 23.2 Å². The lowest BCUT2D eigenvalue weighted by atomic mass is 10.0. The van der Waals surface area contributed by atoms with Crippen LogP contribution in [0.3, 0.4) is 0 Å². The van der Waals surface area contributed by atoms with E-state index in [1.807, 2.05) is 0 Å². The van der Waals surface area contributed by atoms with E-state index >= 15 is 0 Å². The number of benzene rings is 2. The van der Waals surface area contributed by atoms with Crippen molar-refractivity contribution in [3.8, 4) is 0 Å². The van der Waals surface area contributed by atoms with Crippen LogP contribution in [0.4, 0.5) is 4.39 Å². The van der Waals surface area contributed by atoms with Crippen molar-refractivity contribution in [2.75, 3.05) is 0 Å². The first-order valence-electron chi connectivity index (χ1n) is 5.83. The molecule has 0 atom stereocenters. The number of aromatic nitrogens is 1. The van der Waals surface area contributed by atoms with Crippen LogP contribution in [0.2, 0.25) is 10.0 Å². The summed E-state index contributed by atoms with van der Waals surface area (Å²) in [5.74, 6) is -0.743. The minimum atomic E-state index is -0.438. The van der Waals surface area contributed by atoms with Crippen molar-refractivity contribution in [2.45, 2.75) is 0 Å². The molecule has 1 heterocycles. The highest BCUT2D eigenvalue weighted by atomic mass is 35.5. The van der Waals surface area contributed by atoms with Crippen molar-refractivity contribution in [3.63, 3.8) is 0 Å². The second-order valence-corrected chi connectivity index (χ2v) is 5.14. The van der Waals surface area contributed by atoms with Crippen molar-refractivity contribution >= 4 is 39.9 Å². The second-order valence-electron chi connectivity index (χ2n) is 4.32. The van der Waals surface area contributed by atoms with E-state index in [9.17, 15) is 9.18 Å². The van der Waals surface area contributed by atoms with Gasteiger partial charge in [0.15, 0.2) is 5.78 Å². The van der Waals surface area contributed by atoms with Gasteiger partial charge in [0.25, 0.3) is 0 Å². The summed E-state index contributed by atoms with van der Waals surface area (Å²) < 4.78 is 13.9. The first kappa shape index (κ1) is 13.2. The lowest BCUT2D eigenvalue weighted by Crippen LogP contribution is -2.01. The molecule has 5 heteroatoms. The van der Waals surface area contributed by atoms with E-state index in [-0.39, 0.29) is 21.8 Å². The molecular formula is C15H8Cl2FNO. The largest absolute Gasteiger partial charge is 0.360 e. The van der Waals surface area contributed by atoms with Gasteiger partial charge < -0.3 is 4.98 Å². The van der Waals surface area contributed by atoms with Crippen LogP contribution in [-0.2, 0) is 0 Å². The molecule has 3 rings (SSSR count). The first-order chi connectivity index (χ1) is 9.58. The van der Waals surface area contributed by atoms with Crippen molar-refractivity contribution < 1.29 is 9.18 Å². The third kappa shape index (κ3) is 2.09. The summed E-state index contributed by atoms with van der Waals surface area (Å²) in [6.45, 7) is 0. The van der Waals surface area contributed by atoms with Gasteiger partial charge in [0, 0.05) is 22.7 Å². The predicted molar refractivity (Wildman–Crippen MR) is 78.2 cm³/mol. The van der Waals surface area contributed by atoms with Crippen molar-refractivity contribution in [3.05, 3.63) is 69.6 Å². The number of nitrogens with one attached hydrogen (secondary N) is 1. The van der Waals surface area contributed by atoms with Gasteiger partial charge in [0.1, 0.15) is 5.82 Å². The van der Waals surface area contributed by atoms with Crippen molar-refractivity contribution in [1.29, 1.82) is 0 Å². The standard InChI is InChI=1S/C15H8Cl2FNO/c16-10-5-4-8(6-11(10)17)15(20)9-7-19-13-3-1-2-12(18)14(9)13/h1-7,19H. The van der Waals surface area contributed by atoms with Crippen LogP contribution < -0.4 is 0 Å². The summed E-state index contributed by atoms with van der Waals surface area (Å²) in [4.78, 5) is 15.3. The molecule has 1 aromatic heterocycles. The Labute approximate surface area is 124 Å². The molecule has 1 N–H and O–H groups in total. The van der Waals surface area contributed by atoms with E-state index < -0.39 is 5.82 Å². The van der Waals surface area contributed by atoms with Crippen LogP contribution in [0.25, 0.3) is 10.9 Å². The molecule has 0 fully saturated rings. The molecule has 0 aliphatic heterocycles. The molecule has 20 heavy (non-hydrogen) atoms. The number of hydrogen-bond donors (Lipinski definition) is 1. The molecule has 3 aromatic rings. The van der Waals surface area contributed by atoms with Gasteiger partial charge in [-0.2, -0.15) is 0 Å². The smallest absolute Gasteiger partial charge is 0.195 e. The average molecular weight is 308 g/mol. The SMILES string of the molecule is O=C(c1ccc(Cl)c(Cl)c1)c1c[nH]c2cccc(F)c12. The van der Waals surface area contributed by atoms with Crippen LogP contribution in [-0.4, -0.2) is 10.8 Å². The Balaban J connectivity index is 2.15. The Morgan fingerprint density at radius 1 is 1.10 bits per heavy atom. The van der Waals surface area contributed by atoms with E-state index in [0.29, 0.717) is 16.1 Å². The van der Waals surface area contributed by atoms with Crippen LogP contribution in [0.1, 0.15) is 15.9 Å². The quantitative estimate of drug-likeness (QED) is 0.675. The molecule has 0 aliphatic rings. The average Bonchev–Trinajstić information content (AvgIpc) is 2.86. The van der Waals surface area contributed by atoms with Gasteiger partial charge in [-0.15, -0.1) is 0 Å². The zero-order valence-corrected chi connectivity index (χ0v) is 11.6. The number of halogens is 3. The Hall–Kier alpha value is -1.84. The highest BCUT2D eigenvalue weighted by Crippen LogP contribution is 2.27. The Kier molecular flexibility index (Phi) is 3.24. The summed E-state index contributed by atoms with van der Waals surface area (Å²) in [6, 6.07) is 9.21. The van der Waals surface area contributed by atoms with E-state index in [1.165, 1.54) is 18.3 Å². The molecule has 0 aliphatic carbocycles. The van der Waals surface area contributed by atoms with Crippen LogP contribution in [0.15, 0.2) is 42.6 Å². The zero-order chi connectivity index (χ0) is 14.3. The maximum absolute atomic E-state index is 13.9. The Bertz CT molecular complexity index is 826. The minimum Gasteiger partial charge on any atom is -0.360 e. The fraction of sp³-hybridized carbons (Fsp3) is 0. The highest BCUT2D eigenvalue weighted by Gasteiger charge is 2.17.